The van der Waals surface area contributed by atoms with Crippen LogP contribution in [0.25, 0.3) is 0 Å². The van der Waals surface area contributed by atoms with Crippen LogP contribution in [0.4, 0.5) is 5.69 Å². The summed E-state index contributed by atoms with van der Waals surface area (Å²) in [5.74, 6) is 0.0544. The number of hydrogen-bond donors (Lipinski definition) is 1. The smallest absolute Gasteiger partial charge is 0.242 e. The highest BCUT2D eigenvalue weighted by Crippen LogP contribution is 2.20. The average Bonchev–Trinajstić information content (AvgIpc) is 2.74. The van der Waals surface area contributed by atoms with Crippen LogP contribution in [0.15, 0.2) is 48.8 Å². The molecule has 0 aliphatic carbocycles. The topological polar surface area (TPSA) is 57.7 Å². The molecular formula is C21H27ClN4O2. The lowest BCUT2D eigenvalue weighted by Crippen LogP contribution is -2.40. The molecule has 1 aromatic carbocycles. The van der Waals surface area contributed by atoms with Gasteiger partial charge in [-0.2, -0.15) is 0 Å². The molecule has 1 fully saturated rings. The number of para-hydroxylation sites is 1. The molecule has 3 rings (SSSR count). The van der Waals surface area contributed by atoms with Gasteiger partial charge < -0.3 is 15.0 Å². The lowest BCUT2D eigenvalue weighted by atomic mass is 10.2. The quantitative estimate of drug-likeness (QED) is 0.698. The Morgan fingerprint density at radius 2 is 1.93 bits per heavy atom. The predicted octanol–water partition coefficient (Wildman–Crippen LogP) is 2.90. The Morgan fingerprint density at radius 3 is 2.68 bits per heavy atom. The van der Waals surface area contributed by atoms with Gasteiger partial charge in [0.1, 0.15) is 0 Å². The van der Waals surface area contributed by atoms with Crippen molar-refractivity contribution in [2.75, 3.05) is 51.3 Å². The molecule has 2 aromatic rings. The molecule has 1 aromatic heterocycles. The van der Waals surface area contributed by atoms with Gasteiger partial charge in [0.15, 0.2) is 0 Å². The number of pyridine rings is 1. The first kappa shape index (κ1) is 20.6. The van der Waals surface area contributed by atoms with Crippen LogP contribution in [-0.2, 0) is 16.1 Å². The molecule has 1 aliphatic rings. The second-order valence-electron chi connectivity index (χ2n) is 6.81. The number of rotatable bonds is 9. The second-order valence-corrected chi connectivity index (χ2v) is 7.22. The molecule has 0 saturated carbocycles. The van der Waals surface area contributed by atoms with Crippen LogP contribution in [0.2, 0.25) is 5.02 Å². The maximum absolute atomic E-state index is 12.9. The zero-order valence-electron chi connectivity index (χ0n) is 16.0. The number of nitrogens with one attached hydrogen (secondary N) is 1. The molecule has 28 heavy (non-hydrogen) atoms. The van der Waals surface area contributed by atoms with E-state index in [2.05, 4.69) is 15.2 Å². The summed E-state index contributed by atoms with van der Waals surface area (Å²) in [6, 6.07) is 11.4. The number of carbonyl (C=O) groups is 1. The summed E-state index contributed by atoms with van der Waals surface area (Å²) in [6.07, 6.45) is 4.45. The molecule has 1 saturated heterocycles. The fraction of sp³-hybridized carbons (Fsp3) is 0.429. The molecule has 0 unspecified atom stereocenters. The first-order chi connectivity index (χ1) is 13.7. The molecule has 0 bridgehead atoms. The van der Waals surface area contributed by atoms with Crippen LogP contribution in [0, 0.1) is 0 Å². The summed E-state index contributed by atoms with van der Waals surface area (Å²) in [5, 5.41) is 3.77. The van der Waals surface area contributed by atoms with Gasteiger partial charge in [-0.3, -0.25) is 14.7 Å². The van der Waals surface area contributed by atoms with Crippen LogP contribution < -0.4 is 5.32 Å². The van der Waals surface area contributed by atoms with Crippen molar-refractivity contribution in [1.82, 2.24) is 14.8 Å². The zero-order valence-corrected chi connectivity index (χ0v) is 16.8. The Labute approximate surface area is 171 Å². The van der Waals surface area contributed by atoms with Gasteiger partial charge >= 0.3 is 0 Å². The van der Waals surface area contributed by atoms with Gasteiger partial charge in [-0.15, -0.1) is 0 Å². The van der Waals surface area contributed by atoms with Crippen molar-refractivity contribution in [3.63, 3.8) is 0 Å². The van der Waals surface area contributed by atoms with Gasteiger partial charge in [-0.25, -0.2) is 0 Å². The molecule has 7 heteroatoms. The van der Waals surface area contributed by atoms with E-state index in [1.165, 1.54) is 0 Å². The summed E-state index contributed by atoms with van der Waals surface area (Å²) >= 11 is 6.18. The zero-order chi connectivity index (χ0) is 19.6. The number of anilines is 1. The fourth-order valence-electron chi connectivity index (χ4n) is 3.20. The normalized spacial score (nSPS) is 14.6. The highest BCUT2D eigenvalue weighted by molar-refractivity contribution is 6.33. The van der Waals surface area contributed by atoms with Crippen molar-refractivity contribution < 1.29 is 9.53 Å². The second kappa shape index (κ2) is 11.0. The Balaban J connectivity index is 1.56. The number of ether oxygens (including phenoxy) is 1. The van der Waals surface area contributed by atoms with E-state index in [-0.39, 0.29) is 12.5 Å². The third-order valence-corrected chi connectivity index (χ3v) is 5.12. The molecule has 0 radical (unpaired) electrons. The summed E-state index contributed by atoms with van der Waals surface area (Å²) in [4.78, 5) is 21.2. The Kier molecular flexibility index (Phi) is 8.08. The van der Waals surface area contributed by atoms with E-state index < -0.39 is 0 Å². The minimum atomic E-state index is 0.0544. The van der Waals surface area contributed by atoms with Gasteiger partial charge in [-0.05, 0) is 36.2 Å². The number of amides is 1. The standard InChI is InChI=1S/C21H27ClN4O2/c22-19-4-1-2-5-20(19)24-16-21(27)26(17-18-6-8-23-9-7-18)11-3-10-25-12-14-28-15-13-25/h1-2,4-9,24H,3,10-17H2. The lowest BCUT2D eigenvalue weighted by molar-refractivity contribution is -0.130. The number of hydrogen-bond acceptors (Lipinski definition) is 5. The maximum Gasteiger partial charge on any atom is 0.242 e. The van der Waals surface area contributed by atoms with Gasteiger partial charge in [-0.1, -0.05) is 23.7 Å². The van der Waals surface area contributed by atoms with E-state index in [0.29, 0.717) is 18.1 Å². The summed E-state index contributed by atoms with van der Waals surface area (Å²) < 4.78 is 5.40. The number of benzene rings is 1. The number of morpholine rings is 1. The molecule has 6 nitrogen and oxygen atoms in total. The van der Waals surface area contributed by atoms with E-state index in [1.54, 1.807) is 12.4 Å². The highest BCUT2D eigenvalue weighted by atomic mass is 35.5. The van der Waals surface area contributed by atoms with Gasteiger partial charge in [0.25, 0.3) is 0 Å². The average molecular weight is 403 g/mol. The van der Waals surface area contributed by atoms with Crippen molar-refractivity contribution in [3.8, 4) is 0 Å². The minimum Gasteiger partial charge on any atom is -0.379 e. The first-order valence-electron chi connectivity index (χ1n) is 9.67. The largest absolute Gasteiger partial charge is 0.379 e. The minimum absolute atomic E-state index is 0.0544. The van der Waals surface area contributed by atoms with Crippen molar-refractivity contribution in [1.29, 1.82) is 0 Å². The van der Waals surface area contributed by atoms with Gasteiger partial charge in [0.05, 0.1) is 30.5 Å². The predicted molar refractivity (Wildman–Crippen MR) is 111 cm³/mol. The highest BCUT2D eigenvalue weighted by Gasteiger charge is 2.16. The third-order valence-electron chi connectivity index (χ3n) is 4.79. The van der Waals surface area contributed by atoms with Crippen LogP contribution >= 0.6 is 11.6 Å². The van der Waals surface area contributed by atoms with Crippen molar-refractivity contribution in [2.24, 2.45) is 0 Å². The molecule has 1 N–H and O–H groups in total. The molecule has 0 atom stereocenters. The Morgan fingerprint density at radius 1 is 1.18 bits per heavy atom. The van der Waals surface area contributed by atoms with Crippen LogP contribution in [0.1, 0.15) is 12.0 Å². The Bertz CT molecular complexity index is 738. The van der Waals surface area contributed by atoms with Crippen molar-refractivity contribution in [3.05, 3.63) is 59.4 Å². The van der Waals surface area contributed by atoms with Gasteiger partial charge in [0.2, 0.25) is 5.91 Å². The SMILES string of the molecule is O=C(CNc1ccccc1Cl)N(CCCN1CCOCC1)Cc1ccncc1. The molecular weight excluding hydrogens is 376 g/mol. The van der Waals surface area contributed by atoms with E-state index in [1.807, 2.05) is 41.3 Å². The third kappa shape index (κ3) is 6.48. The van der Waals surface area contributed by atoms with Crippen LogP contribution in [0.5, 0.6) is 0 Å². The summed E-state index contributed by atoms with van der Waals surface area (Å²) in [7, 11) is 0. The number of carbonyl (C=O) groups excluding carboxylic acids is 1. The fourth-order valence-corrected chi connectivity index (χ4v) is 3.40. The summed E-state index contributed by atoms with van der Waals surface area (Å²) in [6.45, 7) is 5.99. The monoisotopic (exact) mass is 402 g/mol. The van der Waals surface area contributed by atoms with E-state index >= 15 is 0 Å². The Hall–Kier alpha value is -2.15. The molecule has 1 amide bonds. The van der Waals surface area contributed by atoms with E-state index in [9.17, 15) is 4.79 Å². The van der Waals surface area contributed by atoms with Gasteiger partial charge in [0, 0.05) is 45.1 Å². The molecule has 150 valence electrons. The van der Waals surface area contributed by atoms with Crippen molar-refractivity contribution >= 4 is 23.2 Å². The van der Waals surface area contributed by atoms with Crippen LogP contribution in [-0.4, -0.2) is 66.6 Å². The summed E-state index contributed by atoms with van der Waals surface area (Å²) in [5.41, 5.74) is 1.85. The van der Waals surface area contributed by atoms with Crippen molar-refractivity contribution in [2.45, 2.75) is 13.0 Å². The number of halogens is 1. The van der Waals surface area contributed by atoms with E-state index in [0.717, 1.165) is 50.5 Å². The molecule has 0 spiro atoms. The van der Waals surface area contributed by atoms with Crippen LogP contribution in [0.3, 0.4) is 0 Å². The number of aromatic nitrogens is 1. The first-order valence-corrected chi connectivity index (χ1v) is 10.1. The molecule has 2 heterocycles. The molecule has 1 aliphatic heterocycles. The number of nitrogens with zero attached hydrogens (tertiary/aromatic N) is 3. The lowest BCUT2D eigenvalue weighted by Gasteiger charge is -2.28. The maximum atomic E-state index is 12.9. The van der Waals surface area contributed by atoms with E-state index in [4.69, 9.17) is 16.3 Å².